The number of barbiturate groups is 1. The Morgan fingerprint density at radius 2 is 1.47 bits per heavy atom. The van der Waals surface area contributed by atoms with Gasteiger partial charge in [0.25, 0.3) is 0 Å². The van der Waals surface area contributed by atoms with Crippen molar-refractivity contribution in [3.63, 3.8) is 0 Å². The highest BCUT2D eigenvalue weighted by Gasteiger charge is 2.47. The molecule has 1 N–H and O–H groups in total. The van der Waals surface area contributed by atoms with Crippen LogP contribution in [0.1, 0.15) is 51.4 Å². The molecule has 1 unspecified atom stereocenters. The molecule has 3 fully saturated rings. The van der Waals surface area contributed by atoms with Crippen LogP contribution in [0.3, 0.4) is 0 Å². The smallest absolute Gasteiger partial charge is 0.277 e. The zero-order valence-corrected chi connectivity index (χ0v) is 11.1. The molecule has 1 saturated heterocycles. The molecule has 1 aliphatic heterocycles. The van der Waals surface area contributed by atoms with Crippen molar-refractivity contribution in [1.82, 2.24) is 10.2 Å². The summed E-state index contributed by atoms with van der Waals surface area (Å²) in [4.78, 5) is 37.8. The number of carbonyl (C=O) groups excluding carboxylic acids is 3. The highest BCUT2D eigenvalue weighted by atomic mass is 16.2. The molecule has 104 valence electrons. The highest BCUT2D eigenvalue weighted by molar-refractivity contribution is 6.16. The van der Waals surface area contributed by atoms with Crippen molar-refractivity contribution >= 4 is 17.8 Å². The summed E-state index contributed by atoms with van der Waals surface area (Å²) in [6, 6.07) is -0.499. The van der Waals surface area contributed by atoms with Gasteiger partial charge in [-0.3, -0.25) is 19.8 Å². The number of hydrogen-bond donors (Lipinski definition) is 1. The summed E-state index contributed by atoms with van der Waals surface area (Å²) in [7, 11) is 0. The van der Waals surface area contributed by atoms with Gasteiger partial charge < -0.3 is 0 Å². The first kappa shape index (κ1) is 12.6. The summed E-state index contributed by atoms with van der Waals surface area (Å²) in [6.45, 7) is 0. The topological polar surface area (TPSA) is 66.5 Å². The molecule has 1 heterocycles. The largest absolute Gasteiger partial charge is 0.331 e. The molecule has 0 aromatic heterocycles. The average Bonchev–Trinajstić information content (AvgIpc) is 3.00. The molecule has 2 aliphatic carbocycles. The Morgan fingerprint density at radius 3 is 2.11 bits per heavy atom. The van der Waals surface area contributed by atoms with Crippen molar-refractivity contribution in [2.75, 3.05) is 0 Å². The molecular weight excluding hydrogens is 244 g/mol. The normalized spacial score (nSPS) is 30.2. The minimum atomic E-state index is -0.624. The zero-order chi connectivity index (χ0) is 13.4. The molecule has 0 aromatic carbocycles. The maximum Gasteiger partial charge on any atom is 0.331 e. The van der Waals surface area contributed by atoms with E-state index in [0.29, 0.717) is 0 Å². The van der Waals surface area contributed by atoms with Crippen molar-refractivity contribution in [2.45, 2.75) is 57.4 Å². The molecule has 1 atom stereocenters. The number of rotatable bonds is 2. The van der Waals surface area contributed by atoms with E-state index < -0.39 is 11.9 Å². The Kier molecular flexibility index (Phi) is 3.29. The molecule has 0 bridgehead atoms. The van der Waals surface area contributed by atoms with E-state index in [0.717, 1.165) is 51.4 Å². The van der Waals surface area contributed by atoms with Crippen molar-refractivity contribution in [3.8, 4) is 0 Å². The van der Waals surface area contributed by atoms with Gasteiger partial charge in [-0.25, -0.2) is 4.79 Å². The molecule has 0 radical (unpaired) electrons. The van der Waals surface area contributed by atoms with Crippen LogP contribution in [0.2, 0.25) is 0 Å². The fourth-order valence-corrected chi connectivity index (χ4v) is 3.82. The summed E-state index contributed by atoms with van der Waals surface area (Å²) < 4.78 is 0. The van der Waals surface area contributed by atoms with Gasteiger partial charge >= 0.3 is 6.03 Å². The number of amides is 4. The van der Waals surface area contributed by atoms with Gasteiger partial charge in [-0.1, -0.05) is 25.7 Å². The van der Waals surface area contributed by atoms with Crippen LogP contribution in [0.5, 0.6) is 0 Å². The molecule has 0 spiro atoms. The first-order valence-corrected chi connectivity index (χ1v) is 7.36. The summed E-state index contributed by atoms with van der Waals surface area (Å²) in [5, 5.41) is 2.39. The summed E-state index contributed by atoms with van der Waals surface area (Å²) in [5.41, 5.74) is 0. The minimum absolute atomic E-state index is 0.00417. The lowest BCUT2D eigenvalue weighted by Crippen LogP contribution is -2.61. The molecule has 19 heavy (non-hydrogen) atoms. The minimum Gasteiger partial charge on any atom is -0.277 e. The third-order valence-corrected chi connectivity index (χ3v) is 4.80. The lowest BCUT2D eigenvalue weighted by atomic mass is 9.87. The van der Waals surface area contributed by atoms with Crippen molar-refractivity contribution in [1.29, 1.82) is 0 Å². The summed E-state index contributed by atoms with van der Waals surface area (Å²) >= 11 is 0. The van der Waals surface area contributed by atoms with Crippen LogP contribution in [0.25, 0.3) is 0 Å². The fraction of sp³-hybridized carbons (Fsp3) is 0.786. The van der Waals surface area contributed by atoms with E-state index in [1.165, 1.54) is 4.90 Å². The second-order valence-corrected chi connectivity index (χ2v) is 5.96. The molecule has 2 saturated carbocycles. The second kappa shape index (κ2) is 4.94. The third kappa shape index (κ3) is 2.15. The average molecular weight is 264 g/mol. The SMILES string of the molecule is O=C1NC(=O)N(C2CCCC2)C(=O)C1C1CCCC1. The first-order valence-electron chi connectivity index (χ1n) is 7.36. The van der Waals surface area contributed by atoms with Crippen LogP contribution < -0.4 is 5.32 Å². The fourth-order valence-electron chi connectivity index (χ4n) is 3.82. The van der Waals surface area contributed by atoms with E-state index in [9.17, 15) is 14.4 Å². The monoisotopic (exact) mass is 264 g/mol. The highest BCUT2D eigenvalue weighted by Crippen LogP contribution is 2.35. The zero-order valence-electron chi connectivity index (χ0n) is 11.1. The number of hydrogen-bond acceptors (Lipinski definition) is 3. The van der Waals surface area contributed by atoms with Gasteiger partial charge in [-0.05, 0) is 31.6 Å². The van der Waals surface area contributed by atoms with Gasteiger partial charge in [-0.15, -0.1) is 0 Å². The quantitative estimate of drug-likeness (QED) is 0.773. The number of nitrogens with one attached hydrogen (secondary N) is 1. The van der Waals surface area contributed by atoms with Crippen LogP contribution in [0.4, 0.5) is 4.79 Å². The van der Waals surface area contributed by atoms with Crippen LogP contribution in [0.15, 0.2) is 0 Å². The van der Waals surface area contributed by atoms with Crippen molar-refractivity contribution in [3.05, 3.63) is 0 Å². The molecule has 5 heteroatoms. The lowest BCUT2D eigenvalue weighted by Gasteiger charge is -2.36. The third-order valence-electron chi connectivity index (χ3n) is 4.80. The maximum atomic E-state index is 12.6. The Bertz CT molecular complexity index is 373. The van der Waals surface area contributed by atoms with Crippen LogP contribution in [0, 0.1) is 11.8 Å². The van der Waals surface area contributed by atoms with E-state index >= 15 is 0 Å². The number of imide groups is 2. The molecule has 0 aromatic rings. The van der Waals surface area contributed by atoms with E-state index in [4.69, 9.17) is 0 Å². The molecule has 5 nitrogen and oxygen atoms in total. The predicted molar refractivity (Wildman–Crippen MR) is 68.1 cm³/mol. The van der Waals surface area contributed by atoms with Gasteiger partial charge in [0.2, 0.25) is 11.8 Å². The van der Waals surface area contributed by atoms with E-state index in [1.807, 2.05) is 0 Å². The number of nitrogens with zero attached hydrogens (tertiary/aromatic N) is 1. The lowest BCUT2D eigenvalue weighted by molar-refractivity contribution is -0.146. The van der Waals surface area contributed by atoms with Gasteiger partial charge in [0, 0.05) is 6.04 Å². The second-order valence-electron chi connectivity index (χ2n) is 5.96. The molecular formula is C14H20N2O3. The van der Waals surface area contributed by atoms with E-state index in [-0.39, 0.29) is 23.8 Å². The van der Waals surface area contributed by atoms with Crippen LogP contribution >= 0.6 is 0 Å². The van der Waals surface area contributed by atoms with Gasteiger partial charge in [0.05, 0.1) is 0 Å². The van der Waals surface area contributed by atoms with Crippen LogP contribution in [-0.4, -0.2) is 28.8 Å². The first-order chi connectivity index (χ1) is 9.18. The molecule has 4 amide bonds. The Labute approximate surface area is 112 Å². The number of carbonyl (C=O) groups is 3. The molecule has 3 aliphatic rings. The Balaban J connectivity index is 1.82. The van der Waals surface area contributed by atoms with Crippen LogP contribution in [-0.2, 0) is 9.59 Å². The summed E-state index contributed by atoms with van der Waals surface area (Å²) in [5.74, 6) is -1.12. The Morgan fingerprint density at radius 1 is 0.895 bits per heavy atom. The Hall–Kier alpha value is -1.39. The van der Waals surface area contributed by atoms with Gasteiger partial charge in [0.1, 0.15) is 5.92 Å². The molecule has 3 rings (SSSR count). The predicted octanol–water partition coefficient (Wildman–Crippen LogP) is 1.81. The van der Waals surface area contributed by atoms with Gasteiger partial charge in [-0.2, -0.15) is 0 Å². The van der Waals surface area contributed by atoms with Gasteiger partial charge in [0.15, 0.2) is 0 Å². The van der Waals surface area contributed by atoms with E-state index in [1.54, 1.807) is 0 Å². The number of urea groups is 1. The van der Waals surface area contributed by atoms with Crippen molar-refractivity contribution < 1.29 is 14.4 Å². The maximum absolute atomic E-state index is 12.6. The summed E-state index contributed by atoms with van der Waals surface area (Å²) in [6.07, 6.45) is 7.90. The van der Waals surface area contributed by atoms with E-state index in [2.05, 4.69) is 5.32 Å². The van der Waals surface area contributed by atoms with Crippen molar-refractivity contribution in [2.24, 2.45) is 11.8 Å². The standard InChI is InChI=1S/C14H20N2O3/c17-12-11(9-5-1-2-6-9)13(18)16(14(19)15-12)10-7-3-4-8-10/h9-11H,1-8H2,(H,15,17,19).